The molecule has 3 aliphatic rings. The van der Waals surface area contributed by atoms with Crippen molar-refractivity contribution in [1.29, 1.82) is 0 Å². The minimum Gasteiger partial charge on any atom is -0.477 e. The lowest BCUT2D eigenvalue weighted by molar-refractivity contribution is -0.148. The van der Waals surface area contributed by atoms with Crippen LogP contribution in [0.1, 0.15) is 32.6 Å². The summed E-state index contributed by atoms with van der Waals surface area (Å²) in [5.74, 6) is -1.50. The molecular formula is C15H18N2O5S. The highest BCUT2D eigenvalue weighted by atomic mass is 32.2. The highest BCUT2D eigenvalue weighted by Crippen LogP contribution is 2.42. The van der Waals surface area contributed by atoms with Crippen LogP contribution in [-0.4, -0.2) is 57.3 Å². The van der Waals surface area contributed by atoms with Gasteiger partial charge in [0, 0.05) is 24.0 Å². The number of hydrogen-bond donors (Lipinski definition) is 1. The summed E-state index contributed by atoms with van der Waals surface area (Å²) in [6.45, 7) is 1.17. The van der Waals surface area contributed by atoms with Crippen molar-refractivity contribution in [2.24, 2.45) is 4.99 Å². The number of ether oxygens (including phenoxy) is 1. The Morgan fingerprint density at radius 3 is 2.70 bits per heavy atom. The van der Waals surface area contributed by atoms with E-state index in [2.05, 4.69) is 4.99 Å². The number of rotatable bonds is 4. The Labute approximate surface area is 137 Å². The molecule has 8 heteroatoms. The molecule has 1 unspecified atom stereocenters. The molecule has 1 amide bonds. The molecule has 2 heterocycles. The Morgan fingerprint density at radius 2 is 2.09 bits per heavy atom. The highest BCUT2D eigenvalue weighted by molar-refractivity contribution is 8.00. The number of aliphatic imine (C=N–C) groups is 1. The first-order valence-electron chi connectivity index (χ1n) is 7.58. The molecule has 0 aromatic heterocycles. The fourth-order valence-electron chi connectivity index (χ4n) is 3.06. The van der Waals surface area contributed by atoms with Crippen LogP contribution < -0.4 is 0 Å². The van der Waals surface area contributed by atoms with Crippen LogP contribution in [0.2, 0.25) is 0 Å². The first-order chi connectivity index (χ1) is 11.0. The van der Waals surface area contributed by atoms with E-state index in [-0.39, 0.29) is 23.6 Å². The topological polar surface area (TPSA) is 96.3 Å². The maximum Gasteiger partial charge on any atom is 0.352 e. The van der Waals surface area contributed by atoms with Gasteiger partial charge < -0.3 is 9.84 Å². The van der Waals surface area contributed by atoms with E-state index in [4.69, 9.17) is 4.74 Å². The van der Waals surface area contributed by atoms with Gasteiger partial charge in [0.05, 0.1) is 0 Å². The number of carbonyl (C=O) groups is 3. The lowest BCUT2D eigenvalue weighted by Crippen LogP contribution is -2.64. The molecule has 2 atom stereocenters. The van der Waals surface area contributed by atoms with E-state index in [9.17, 15) is 19.5 Å². The van der Waals surface area contributed by atoms with Crippen LogP contribution in [0.5, 0.6) is 0 Å². The van der Waals surface area contributed by atoms with Gasteiger partial charge in [-0.2, -0.15) is 0 Å². The molecule has 124 valence electrons. The number of amides is 1. The molecule has 0 spiro atoms. The van der Waals surface area contributed by atoms with Gasteiger partial charge >= 0.3 is 11.9 Å². The number of carboxylic acid groups (broad SMARTS) is 1. The van der Waals surface area contributed by atoms with Crippen LogP contribution in [0.4, 0.5) is 0 Å². The van der Waals surface area contributed by atoms with Crippen LogP contribution >= 0.6 is 11.8 Å². The van der Waals surface area contributed by atoms with Gasteiger partial charge in [-0.05, 0) is 25.7 Å². The summed E-state index contributed by atoms with van der Waals surface area (Å²) in [5, 5.41) is 9.19. The first kappa shape index (κ1) is 16.0. The molecule has 0 aromatic carbocycles. The van der Waals surface area contributed by atoms with Gasteiger partial charge in [0.25, 0.3) is 5.91 Å². The van der Waals surface area contributed by atoms with Crippen LogP contribution in [0.15, 0.2) is 16.3 Å². The standard InChI is InChI=1S/C15H18N2O5S/c1-8(18)22-6-9-7-23-14-11(16-10-4-2-3-5-10)13(19)17(14)12(9)15(20)21/h11,14H,2-7H2,1H3,(H,20,21)/t11?,14-/m1/s1. The van der Waals surface area contributed by atoms with Crippen LogP contribution in [0.3, 0.4) is 0 Å². The van der Waals surface area contributed by atoms with Crippen LogP contribution in [0, 0.1) is 0 Å². The van der Waals surface area contributed by atoms with E-state index in [1.165, 1.54) is 23.6 Å². The van der Waals surface area contributed by atoms with E-state index in [1.807, 2.05) is 0 Å². The SMILES string of the molecule is CC(=O)OCC1=C(C(=O)O)N2C(=O)C(N=C3CCCC3)[C@H]2SC1. The van der Waals surface area contributed by atoms with Gasteiger partial charge in [-0.1, -0.05) is 0 Å². The summed E-state index contributed by atoms with van der Waals surface area (Å²) in [6, 6.07) is -0.474. The number of aliphatic carboxylic acids is 1. The quantitative estimate of drug-likeness (QED) is 0.611. The van der Waals surface area contributed by atoms with E-state index in [0.29, 0.717) is 11.3 Å². The Hall–Kier alpha value is -1.83. The summed E-state index contributed by atoms with van der Waals surface area (Å²) in [7, 11) is 0. The minimum atomic E-state index is -1.17. The number of hydrogen-bond acceptors (Lipinski definition) is 6. The predicted octanol–water partition coefficient (Wildman–Crippen LogP) is 1.19. The molecule has 1 N–H and O–H groups in total. The Balaban J connectivity index is 1.80. The van der Waals surface area contributed by atoms with E-state index in [1.54, 1.807) is 0 Å². The van der Waals surface area contributed by atoms with Gasteiger partial charge in [-0.25, -0.2) is 4.79 Å². The smallest absolute Gasteiger partial charge is 0.352 e. The van der Waals surface area contributed by atoms with Crippen molar-refractivity contribution >= 4 is 35.3 Å². The van der Waals surface area contributed by atoms with Crippen molar-refractivity contribution in [3.05, 3.63) is 11.3 Å². The van der Waals surface area contributed by atoms with E-state index in [0.717, 1.165) is 31.4 Å². The normalized spacial score (nSPS) is 26.7. The molecule has 3 rings (SSSR count). The molecule has 0 bridgehead atoms. The highest BCUT2D eigenvalue weighted by Gasteiger charge is 2.53. The molecule has 23 heavy (non-hydrogen) atoms. The molecule has 1 aliphatic carbocycles. The van der Waals surface area contributed by atoms with Crippen molar-refractivity contribution in [1.82, 2.24) is 4.90 Å². The number of fused-ring (bicyclic) bond motifs is 1. The Bertz CT molecular complexity index is 619. The van der Waals surface area contributed by atoms with E-state index < -0.39 is 18.0 Å². The summed E-state index contributed by atoms with van der Waals surface area (Å²) >= 11 is 1.47. The van der Waals surface area contributed by atoms with Gasteiger partial charge in [0.1, 0.15) is 17.7 Å². The number of esters is 1. The second kappa shape index (κ2) is 6.35. The first-order valence-corrected chi connectivity index (χ1v) is 8.63. The van der Waals surface area contributed by atoms with Gasteiger partial charge in [0.15, 0.2) is 6.04 Å². The van der Waals surface area contributed by atoms with Crippen molar-refractivity contribution in [3.8, 4) is 0 Å². The minimum absolute atomic E-state index is 0.0529. The maximum absolute atomic E-state index is 12.4. The van der Waals surface area contributed by atoms with Crippen molar-refractivity contribution in [3.63, 3.8) is 0 Å². The summed E-state index contributed by atoms with van der Waals surface area (Å²) in [5.41, 5.74) is 1.47. The Kier molecular flexibility index (Phi) is 4.43. The number of carbonyl (C=O) groups excluding carboxylic acids is 2. The van der Waals surface area contributed by atoms with Crippen molar-refractivity contribution < 1.29 is 24.2 Å². The monoisotopic (exact) mass is 338 g/mol. The van der Waals surface area contributed by atoms with Crippen LogP contribution in [-0.2, 0) is 19.1 Å². The molecule has 2 aliphatic heterocycles. The molecule has 7 nitrogen and oxygen atoms in total. The second-order valence-electron chi connectivity index (χ2n) is 5.79. The molecule has 0 aromatic rings. The molecule has 1 saturated heterocycles. The molecule has 2 fully saturated rings. The van der Waals surface area contributed by atoms with Gasteiger partial charge in [-0.3, -0.25) is 19.5 Å². The zero-order valence-corrected chi connectivity index (χ0v) is 13.6. The van der Waals surface area contributed by atoms with Crippen LogP contribution in [0.25, 0.3) is 0 Å². The third-order valence-electron chi connectivity index (χ3n) is 4.17. The summed E-state index contributed by atoms with van der Waals surface area (Å²) in [4.78, 5) is 40.7. The fraction of sp³-hybridized carbons (Fsp3) is 0.600. The third-order valence-corrected chi connectivity index (χ3v) is 5.50. The molecule has 0 radical (unpaired) electrons. The lowest BCUT2D eigenvalue weighted by atomic mass is 10.0. The van der Waals surface area contributed by atoms with Gasteiger partial charge in [0.2, 0.25) is 0 Å². The number of carboxylic acids is 1. The second-order valence-corrected chi connectivity index (χ2v) is 6.90. The lowest BCUT2D eigenvalue weighted by Gasteiger charge is -2.47. The number of nitrogens with zero attached hydrogens (tertiary/aromatic N) is 2. The average Bonchev–Trinajstić information content (AvgIpc) is 3.02. The zero-order valence-electron chi connectivity index (χ0n) is 12.8. The number of β-lactam (4-membered cyclic amide) rings is 1. The predicted molar refractivity (Wildman–Crippen MR) is 84.1 cm³/mol. The Morgan fingerprint density at radius 1 is 1.39 bits per heavy atom. The van der Waals surface area contributed by atoms with Crippen molar-refractivity contribution in [2.75, 3.05) is 12.4 Å². The van der Waals surface area contributed by atoms with E-state index >= 15 is 0 Å². The molecular weight excluding hydrogens is 320 g/mol. The summed E-state index contributed by atoms with van der Waals surface area (Å²) in [6.07, 6.45) is 4.07. The maximum atomic E-state index is 12.4. The van der Waals surface area contributed by atoms with Gasteiger partial charge in [-0.15, -0.1) is 11.8 Å². The number of thioether (sulfide) groups is 1. The average molecular weight is 338 g/mol. The van der Waals surface area contributed by atoms with Crippen molar-refractivity contribution in [2.45, 2.75) is 44.0 Å². The zero-order chi connectivity index (χ0) is 16.6. The fourth-order valence-corrected chi connectivity index (χ4v) is 4.37. The third kappa shape index (κ3) is 2.99. The largest absolute Gasteiger partial charge is 0.477 e. The summed E-state index contributed by atoms with van der Waals surface area (Å²) < 4.78 is 4.90. The molecule has 1 saturated carbocycles.